The Hall–Kier alpha value is -0.683. The van der Waals surface area contributed by atoms with E-state index in [0.717, 1.165) is 32.2 Å². The van der Waals surface area contributed by atoms with Gasteiger partial charge in [0.1, 0.15) is 5.78 Å². The standard InChI is InChI=1S/C18H33NO3Si/c1-6-18(10-9-15(20)12-16(18)23(3,4)5)17(21)19-11-7-8-14(19)13-22-2/h14,16H,6-13H2,1-5H3/t14-,16?,18-/m0/s1. The number of ketones is 1. The van der Waals surface area contributed by atoms with Gasteiger partial charge in [0.25, 0.3) is 0 Å². The van der Waals surface area contributed by atoms with E-state index >= 15 is 0 Å². The Balaban J connectivity index is 2.33. The lowest BCUT2D eigenvalue weighted by Gasteiger charge is -2.49. The average Bonchev–Trinajstić information content (AvgIpc) is 2.94. The molecule has 2 fully saturated rings. The largest absolute Gasteiger partial charge is 0.383 e. The minimum Gasteiger partial charge on any atom is -0.383 e. The number of nitrogens with zero attached hydrogens (tertiary/aromatic N) is 1. The summed E-state index contributed by atoms with van der Waals surface area (Å²) in [6.07, 6.45) is 4.88. The first-order chi connectivity index (χ1) is 10.8. The molecule has 3 atom stereocenters. The average molecular weight is 340 g/mol. The fraction of sp³-hybridized carbons (Fsp3) is 0.889. The fourth-order valence-corrected chi connectivity index (χ4v) is 7.75. The van der Waals surface area contributed by atoms with Crippen molar-refractivity contribution < 1.29 is 14.3 Å². The van der Waals surface area contributed by atoms with E-state index in [1.54, 1.807) is 7.11 Å². The first-order valence-corrected chi connectivity index (χ1v) is 12.7. The topological polar surface area (TPSA) is 46.6 Å². The number of methoxy groups -OCH3 is 1. The maximum Gasteiger partial charge on any atom is 0.229 e. The lowest BCUT2D eigenvalue weighted by atomic mass is 9.70. The van der Waals surface area contributed by atoms with Crippen molar-refractivity contribution >= 4 is 19.8 Å². The van der Waals surface area contributed by atoms with Crippen LogP contribution in [0.15, 0.2) is 0 Å². The molecule has 2 rings (SSSR count). The molecule has 0 aromatic rings. The number of carbonyl (C=O) groups excluding carboxylic acids is 2. The number of rotatable bonds is 5. The molecule has 132 valence electrons. The summed E-state index contributed by atoms with van der Waals surface area (Å²) in [6.45, 7) is 10.5. The number of likely N-dealkylation sites (tertiary alicyclic amines) is 1. The highest BCUT2D eigenvalue weighted by Crippen LogP contribution is 2.53. The molecule has 0 aromatic heterocycles. The third-order valence-corrected chi connectivity index (χ3v) is 8.90. The first-order valence-electron chi connectivity index (χ1n) is 9.08. The second kappa shape index (κ2) is 7.05. The molecule has 0 N–H and O–H groups in total. The summed E-state index contributed by atoms with van der Waals surface area (Å²) in [7, 11) is 0.101. The van der Waals surface area contributed by atoms with Gasteiger partial charge in [-0.2, -0.15) is 0 Å². The minimum absolute atomic E-state index is 0.218. The van der Waals surface area contributed by atoms with Gasteiger partial charge in [0.15, 0.2) is 0 Å². The summed E-state index contributed by atoms with van der Waals surface area (Å²) >= 11 is 0. The van der Waals surface area contributed by atoms with Gasteiger partial charge in [-0.25, -0.2) is 0 Å². The van der Waals surface area contributed by atoms with Gasteiger partial charge in [0.05, 0.1) is 18.1 Å². The fourth-order valence-electron chi connectivity index (χ4n) is 4.78. The Morgan fingerprint density at radius 2 is 2.09 bits per heavy atom. The van der Waals surface area contributed by atoms with E-state index in [2.05, 4.69) is 31.5 Å². The second-order valence-electron chi connectivity index (χ2n) is 8.42. The van der Waals surface area contributed by atoms with Gasteiger partial charge in [0.2, 0.25) is 5.91 Å². The van der Waals surface area contributed by atoms with Crippen molar-refractivity contribution in [2.24, 2.45) is 5.41 Å². The van der Waals surface area contributed by atoms with E-state index in [9.17, 15) is 9.59 Å². The van der Waals surface area contributed by atoms with Gasteiger partial charge in [-0.1, -0.05) is 26.6 Å². The second-order valence-corrected chi connectivity index (χ2v) is 13.9. The maximum absolute atomic E-state index is 13.6. The molecule has 1 aliphatic carbocycles. The zero-order valence-electron chi connectivity index (χ0n) is 15.5. The van der Waals surface area contributed by atoms with Crippen molar-refractivity contribution in [2.45, 2.75) is 76.7 Å². The van der Waals surface area contributed by atoms with E-state index in [-0.39, 0.29) is 17.0 Å². The van der Waals surface area contributed by atoms with E-state index in [0.29, 0.717) is 31.1 Å². The molecule has 0 spiro atoms. The lowest BCUT2D eigenvalue weighted by Crippen LogP contribution is -2.55. The van der Waals surface area contributed by atoms with Crippen LogP contribution in [-0.2, 0) is 14.3 Å². The highest BCUT2D eigenvalue weighted by molar-refractivity contribution is 6.78. The zero-order valence-corrected chi connectivity index (χ0v) is 16.5. The predicted molar refractivity (Wildman–Crippen MR) is 95.3 cm³/mol. The van der Waals surface area contributed by atoms with Gasteiger partial charge >= 0.3 is 0 Å². The van der Waals surface area contributed by atoms with Crippen LogP contribution in [0.4, 0.5) is 0 Å². The highest BCUT2D eigenvalue weighted by Gasteiger charge is 2.54. The van der Waals surface area contributed by atoms with Crippen molar-refractivity contribution in [1.82, 2.24) is 4.90 Å². The van der Waals surface area contributed by atoms with Crippen LogP contribution >= 0.6 is 0 Å². The summed E-state index contributed by atoms with van der Waals surface area (Å²) in [6, 6.07) is 0.218. The Morgan fingerprint density at radius 1 is 1.39 bits per heavy atom. The Bertz CT molecular complexity index is 460. The molecular formula is C18H33NO3Si. The van der Waals surface area contributed by atoms with E-state index in [4.69, 9.17) is 4.74 Å². The van der Waals surface area contributed by atoms with Crippen LogP contribution in [-0.4, -0.2) is 51.0 Å². The molecule has 0 aromatic carbocycles. The van der Waals surface area contributed by atoms with Gasteiger partial charge < -0.3 is 9.64 Å². The monoisotopic (exact) mass is 339 g/mol. The van der Waals surface area contributed by atoms with E-state index in [1.807, 2.05) is 0 Å². The van der Waals surface area contributed by atoms with Crippen LogP contribution in [0.25, 0.3) is 0 Å². The SMILES string of the molecule is CC[C@]1(C(=O)N2CCC[C@H]2COC)CCC(=O)CC1[Si](C)(C)C. The number of ether oxygens (including phenoxy) is 1. The Kier molecular flexibility index (Phi) is 5.72. The Morgan fingerprint density at radius 3 is 2.65 bits per heavy atom. The third-order valence-electron chi connectivity index (χ3n) is 6.05. The quantitative estimate of drug-likeness (QED) is 0.720. The number of amides is 1. The third kappa shape index (κ3) is 3.55. The maximum atomic E-state index is 13.6. The van der Waals surface area contributed by atoms with Gasteiger partial charge in [-0.05, 0) is 31.2 Å². The van der Waals surface area contributed by atoms with Crippen LogP contribution in [0.1, 0.15) is 45.4 Å². The smallest absolute Gasteiger partial charge is 0.229 e. The van der Waals surface area contributed by atoms with Gasteiger partial charge in [-0.3, -0.25) is 9.59 Å². The van der Waals surface area contributed by atoms with Crippen molar-refractivity contribution in [3.8, 4) is 0 Å². The molecule has 1 unspecified atom stereocenters. The summed E-state index contributed by atoms with van der Waals surface area (Å²) in [5, 5.41) is 0. The van der Waals surface area contributed by atoms with Crippen molar-refractivity contribution in [2.75, 3.05) is 20.3 Å². The molecule has 1 amide bonds. The molecule has 0 bridgehead atoms. The number of hydrogen-bond acceptors (Lipinski definition) is 3. The first kappa shape index (κ1) is 18.7. The minimum atomic E-state index is -1.61. The van der Waals surface area contributed by atoms with Crippen molar-refractivity contribution in [3.05, 3.63) is 0 Å². The Labute approximate surface area is 142 Å². The molecule has 5 heteroatoms. The van der Waals surface area contributed by atoms with Crippen LogP contribution in [0.2, 0.25) is 25.2 Å². The molecule has 1 aliphatic heterocycles. The predicted octanol–water partition coefficient (Wildman–Crippen LogP) is 3.48. The molecular weight excluding hydrogens is 306 g/mol. The summed E-state index contributed by atoms with van der Waals surface area (Å²) in [5.41, 5.74) is -0.0631. The molecule has 2 aliphatic rings. The molecule has 23 heavy (non-hydrogen) atoms. The summed E-state index contributed by atoms with van der Waals surface area (Å²) in [4.78, 5) is 27.8. The van der Waals surface area contributed by atoms with E-state index in [1.165, 1.54) is 0 Å². The van der Waals surface area contributed by atoms with Crippen molar-refractivity contribution in [3.63, 3.8) is 0 Å². The number of Topliss-reactive ketones (excluding diaryl/α,β-unsaturated/α-hetero) is 1. The molecule has 1 saturated heterocycles. The van der Waals surface area contributed by atoms with Gasteiger partial charge in [-0.15, -0.1) is 0 Å². The molecule has 1 saturated carbocycles. The normalized spacial score (nSPS) is 32.4. The summed E-state index contributed by atoms with van der Waals surface area (Å²) < 4.78 is 5.33. The van der Waals surface area contributed by atoms with Crippen LogP contribution in [0, 0.1) is 5.41 Å². The van der Waals surface area contributed by atoms with Crippen LogP contribution in [0.3, 0.4) is 0 Å². The van der Waals surface area contributed by atoms with Crippen LogP contribution < -0.4 is 0 Å². The van der Waals surface area contributed by atoms with Crippen molar-refractivity contribution in [1.29, 1.82) is 0 Å². The number of hydrogen-bond donors (Lipinski definition) is 0. The van der Waals surface area contributed by atoms with E-state index < -0.39 is 8.07 Å². The molecule has 4 nitrogen and oxygen atoms in total. The molecule has 0 radical (unpaired) electrons. The zero-order chi connectivity index (χ0) is 17.3. The van der Waals surface area contributed by atoms with Gasteiger partial charge in [0, 0.05) is 34.6 Å². The van der Waals surface area contributed by atoms with Crippen LogP contribution in [0.5, 0.6) is 0 Å². The highest BCUT2D eigenvalue weighted by atomic mass is 28.3. The number of carbonyl (C=O) groups is 2. The lowest BCUT2D eigenvalue weighted by molar-refractivity contribution is -0.147. The molecule has 1 heterocycles. The summed E-state index contributed by atoms with van der Waals surface area (Å²) in [5.74, 6) is 0.656.